The minimum Gasteiger partial charge on any atom is -0.395 e. The topological polar surface area (TPSA) is 55.7 Å². The minimum absolute atomic E-state index is 0.199. The number of aliphatic hydroxyl groups is 2. The molecule has 2 atom stereocenters. The van der Waals surface area contributed by atoms with E-state index >= 15 is 0 Å². The van der Waals surface area contributed by atoms with Gasteiger partial charge >= 0.3 is 0 Å². The number of hydrogen-bond acceptors (Lipinski definition) is 4. The molecule has 0 aromatic heterocycles. The van der Waals surface area contributed by atoms with Crippen LogP contribution >= 0.6 is 0 Å². The summed E-state index contributed by atoms with van der Waals surface area (Å²) in [6, 6.07) is 0.470. The predicted molar refractivity (Wildman–Crippen MR) is 56.2 cm³/mol. The Labute approximate surface area is 85.9 Å². The van der Waals surface area contributed by atoms with E-state index in [1.165, 1.54) is 6.42 Å². The third-order valence-electron chi connectivity index (χ3n) is 2.70. The van der Waals surface area contributed by atoms with Crippen LogP contribution in [0.3, 0.4) is 0 Å². The lowest BCUT2D eigenvalue weighted by atomic mass is 9.96. The lowest BCUT2D eigenvalue weighted by molar-refractivity contribution is 0.120. The molecule has 14 heavy (non-hydrogen) atoms. The SMILES string of the molecule is CC1CC(NCCO)CN(CCO)C1. The van der Waals surface area contributed by atoms with Crippen LogP contribution in [0.5, 0.6) is 0 Å². The van der Waals surface area contributed by atoms with E-state index in [0.29, 0.717) is 18.5 Å². The molecule has 0 aromatic carbocycles. The fraction of sp³-hybridized carbons (Fsp3) is 1.00. The van der Waals surface area contributed by atoms with E-state index in [4.69, 9.17) is 10.2 Å². The van der Waals surface area contributed by atoms with E-state index in [2.05, 4.69) is 17.1 Å². The van der Waals surface area contributed by atoms with Gasteiger partial charge in [0.05, 0.1) is 13.2 Å². The minimum atomic E-state index is 0.199. The number of rotatable bonds is 5. The van der Waals surface area contributed by atoms with E-state index in [1.807, 2.05) is 0 Å². The van der Waals surface area contributed by atoms with Gasteiger partial charge in [0.2, 0.25) is 0 Å². The highest BCUT2D eigenvalue weighted by atomic mass is 16.3. The molecule has 1 aliphatic rings. The van der Waals surface area contributed by atoms with E-state index in [0.717, 1.165) is 19.6 Å². The fourth-order valence-corrected chi connectivity index (χ4v) is 2.20. The molecule has 1 heterocycles. The summed E-state index contributed by atoms with van der Waals surface area (Å²) in [6.07, 6.45) is 1.17. The van der Waals surface area contributed by atoms with Crippen LogP contribution in [0.4, 0.5) is 0 Å². The lowest BCUT2D eigenvalue weighted by Gasteiger charge is -2.36. The smallest absolute Gasteiger partial charge is 0.0558 e. The van der Waals surface area contributed by atoms with Crippen molar-refractivity contribution in [3.8, 4) is 0 Å². The van der Waals surface area contributed by atoms with Gasteiger partial charge in [-0.25, -0.2) is 0 Å². The highest BCUT2D eigenvalue weighted by Gasteiger charge is 2.23. The summed E-state index contributed by atoms with van der Waals surface area (Å²) in [6.45, 7) is 6.18. The van der Waals surface area contributed by atoms with Crippen molar-refractivity contribution in [3.63, 3.8) is 0 Å². The van der Waals surface area contributed by atoms with Gasteiger partial charge in [-0.1, -0.05) is 6.92 Å². The van der Waals surface area contributed by atoms with Crippen LogP contribution in [0, 0.1) is 5.92 Å². The summed E-state index contributed by atoms with van der Waals surface area (Å²) in [4.78, 5) is 2.28. The summed E-state index contributed by atoms with van der Waals surface area (Å²) in [5.74, 6) is 0.673. The second-order valence-electron chi connectivity index (χ2n) is 4.20. The molecule has 1 rings (SSSR count). The fourth-order valence-electron chi connectivity index (χ4n) is 2.20. The molecule has 0 bridgehead atoms. The summed E-state index contributed by atoms with van der Waals surface area (Å²) < 4.78 is 0. The quantitative estimate of drug-likeness (QED) is 0.550. The van der Waals surface area contributed by atoms with Crippen molar-refractivity contribution >= 4 is 0 Å². The van der Waals surface area contributed by atoms with E-state index in [9.17, 15) is 0 Å². The number of piperidine rings is 1. The Morgan fingerprint density at radius 2 is 2.07 bits per heavy atom. The van der Waals surface area contributed by atoms with Crippen LogP contribution in [0.25, 0.3) is 0 Å². The number of hydrogen-bond donors (Lipinski definition) is 3. The number of nitrogens with zero attached hydrogens (tertiary/aromatic N) is 1. The molecule has 0 amide bonds. The molecular formula is C10H22N2O2. The first-order valence-corrected chi connectivity index (χ1v) is 5.43. The van der Waals surface area contributed by atoms with Crippen molar-refractivity contribution in [2.75, 3.05) is 39.4 Å². The maximum Gasteiger partial charge on any atom is 0.0558 e. The molecule has 1 aliphatic heterocycles. The molecule has 84 valence electrons. The average Bonchev–Trinajstić information content (AvgIpc) is 2.14. The van der Waals surface area contributed by atoms with Gasteiger partial charge in [0.1, 0.15) is 0 Å². The second-order valence-corrected chi connectivity index (χ2v) is 4.20. The monoisotopic (exact) mass is 202 g/mol. The predicted octanol–water partition coefficient (Wildman–Crippen LogP) is -0.729. The van der Waals surface area contributed by atoms with Crippen LogP contribution in [0.2, 0.25) is 0 Å². The molecule has 0 radical (unpaired) electrons. The summed E-state index contributed by atoms with van der Waals surface area (Å²) in [5, 5.41) is 20.9. The standard InChI is InChI=1S/C10H22N2O2/c1-9-6-10(11-2-4-13)8-12(7-9)3-5-14/h9-11,13-14H,2-8H2,1H3. The Kier molecular flexibility index (Phi) is 5.40. The van der Waals surface area contributed by atoms with Crippen molar-refractivity contribution < 1.29 is 10.2 Å². The van der Waals surface area contributed by atoms with Crippen LogP contribution < -0.4 is 5.32 Å². The molecule has 0 aliphatic carbocycles. The molecule has 4 nitrogen and oxygen atoms in total. The molecule has 1 fully saturated rings. The largest absolute Gasteiger partial charge is 0.395 e. The zero-order valence-electron chi connectivity index (χ0n) is 8.95. The highest BCUT2D eigenvalue weighted by molar-refractivity contribution is 4.81. The highest BCUT2D eigenvalue weighted by Crippen LogP contribution is 2.15. The summed E-state index contributed by atoms with van der Waals surface area (Å²) >= 11 is 0. The van der Waals surface area contributed by atoms with E-state index in [-0.39, 0.29) is 13.2 Å². The normalized spacial score (nSPS) is 29.4. The number of aliphatic hydroxyl groups excluding tert-OH is 2. The van der Waals surface area contributed by atoms with Crippen molar-refractivity contribution in [3.05, 3.63) is 0 Å². The Bertz CT molecular complexity index is 155. The molecule has 0 spiro atoms. The van der Waals surface area contributed by atoms with Crippen molar-refractivity contribution in [1.29, 1.82) is 0 Å². The summed E-state index contributed by atoms with van der Waals surface area (Å²) in [7, 11) is 0. The average molecular weight is 202 g/mol. The van der Waals surface area contributed by atoms with Gasteiger partial charge in [0.25, 0.3) is 0 Å². The molecule has 0 saturated carbocycles. The number of β-amino-alcohol motifs (C(OH)–C–C–N with tert-alkyl or cyclic N) is 1. The van der Waals surface area contributed by atoms with Gasteiger partial charge in [0, 0.05) is 32.2 Å². The van der Waals surface area contributed by atoms with Crippen LogP contribution in [0.1, 0.15) is 13.3 Å². The van der Waals surface area contributed by atoms with Gasteiger partial charge in [-0.05, 0) is 12.3 Å². The van der Waals surface area contributed by atoms with Gasteiger partial charge in [-0.2, -0.15) is 0 Å². The van der Waals surface area contributed by atoms with Crippen LogP contribution in [-0.2, 0) is 0 Å². The molecule has 2 unspecified atom stereocenters. The second kappa shape index (κ2) is 6.35. The van der Waals surface area contributed by atoms with E-state index in [1.54, 1.807) is 0 Å². The molecule has 4 heteroatoms. The Morgan fingerprint density at radius 3 is 2.71 bits per heavy atom. The summed E-state index contributed by atoms with van der Waals surface area (Å²) in [5.41, 5.74) is 0. The van der Waals surface area contributed by atoms with Crippen LogP contribution in [-0.4, -0.2) is 60.5 Å². The molecular weight excluding hydrogens is 180 g/mol. The van der Waals surface area contributed by atoms with Gasteiger partial charge in [0.15, 0.2) is 0 Å². The first-order chi connectivity index (χ1) is 6.76. The number of nitrogens with one attached hydrogen (secondary N) is 1. The van der Waals surface area contributed by atoms with Crippen molar-refractivity contribution in [2.45, 2.75) is 19.4 Å². The van der Waals surface area contributed by atoms with Crippen molar-refractivity contribution in [2.24, 2.45) is 5.92 Å². The maximum absolute atomic E-state index is 8.87. The molecule has 1 saturated heterocycles. The Morgan fingerprint density at radius 1 is 1.29 bits per heavy atom. The zero-order chi connectivity index (χ0) is 10.4. The third-order valence-corrected chi connectivity index (χ3v) is 2.70. The molecule has 3 N–H and O–H groups in total. The Balaban J connectivity index is 2.29. The lowest BCUT2D eigenvalue weighted by Crippen LogP contribution is -2.49. The van der Waals surface area contributed by atoms with Crippen LogP contribution in [0.15, 0.2) is 0 Å². The van der Waals surface area contributed by atoms with Crippen molar-refractivity contribution in [1.82, 2.24) is 10.2 Å². The van der Waals surface area contributed by atoms with Gasteiger partial charge < -0.3 is 15.5 Å². The maximum atomic E-state index is 8.87. The first kappa shape index (κ1) is 11.9. The Hall–Kier alpha value is -0.160. The van der Waals surface area contributed by atoms with Gasteiger partial charge in [-0.15, -0.1) is 0 Å². The molecule has 0 aromatic rings. The number of likely N-dealkylation sites (tertiary alicyclic amines) is 1. The van der Waals surface area contributed by atoms with Gasteiger partial charge in [-0.3, -0.25) is 4.90 Å². The zero-order valence-corrected chi connectivity index (χ0v) is 8.95. The first-order valence-electron chi connectivity index (χ1n) is 5.43. The van der Waals surface area contributed by atoms with E-state index < -0.39 is 0 Å². The third kappa shape index (κ3) is 3.92.